The van der Waals surface area contributed by atoms with Crippen LogP contribution >= 0.6 is 0 Å². The number of carbonyl (C=O) groups excluding carboxylic acids is 2. The lowest BCUT2D eigenvalue weighted by atomic mass is 10.1. The van der Waals surface area contributed by atoms with E-state index in [1.54, 1.807) is 48.5 Å². The molecule has 0 unspecified atom stereocenters. The molecule has 6 heteroatoms. The van der Waals surface area contributed by atoms with Gasteiger partial charge in [-0.1, -0.05) is 12.1 Å². The normalized spacial score (nSPS) is 11.6. The van der Waals surface area contributed by atoms with E-state index in [9.17, 15) is 14.0 Å². The van der Waals surface area contributed by atoms with E-state index in [1.807, 2.05) is 6.92 Å². The van der Waals surface area contributed by atoms with Gasteiger partial charge in [-0.25, -0.2) is 4.39 Å². The summed E-state index contributed by atoms with van der Waals surface area (Å²) >= 11 is 0. The van der Waals surface area contributed by atoms with Gasteiger partial charge in [0, 0.05) is 11.3 Å². The van der Waals surface area contributed by atoms with Crippen molar-refractivity contribution in [3.05, 3.63) is 89.6 Å². The minimum absolute atomic E-state index is 0.208. The highest BCUT2D eigenvalue weighted by molar-refractivity contribution is 6.02. The van der Waals surface area contributed by atoms with Gasteiger partial charge >= 0.3 is 0 Å². The zero-order chi connectivity index (χ0) is 18.5. The summed E-state index contributed by atoms with van der Waals surface area (Å²) in [5.74, 6) is -0.734. The fraction of sp³-hybridized carbons (Fsp3) is 0.100. The molecule has 0 aliphatic carbocycles. The van der Waals surface area contributed by atoms with Crippen molar-refractivity contribution in [1.29, 1.82) is 0 Å². The molecule has 0 spiro atoms. The molecule has 0 radical (unpaired) electrons. The number of furan rings is 1. The summed E-state index contributed by atoms with van der Waals surface area (Å²) in [6.07, 6.45) is 1.42. The highest BCUT2D eigenvalue weighted by Crippen LogP contribution is 2.15. The molecule has 0 fully saturated rings. The average Bonchev–Trinajstić information content (AvgIpc) is 3.17. The van der Waals surface area contributed by atoms with Crippen LogP contribution in [0.15, 0.2) is 71.3 Å². The Bertz CT molecular complexity index is 888. The molecule has 3 aromatic rings. The number of hydrogen-bond acceptors (Lipinski definition) is 3. The third-order valence-electron chi connectivity index (χ3n) is 3.87. The standard InChI is InChI=1S/C20H17FN2O3/c1-13(14-4-8-16(21)9-5-14)22-19(24)15-6-10-17(11-7-15)23-20(25)18-3-2-12-26-18/h2-13H,1H3,(H,22,24)(H,23,25)/t13-/m1/s1. The quantitative estimate of drug-likeness (QED) is 0.724. The van der Waals surface area contributed by atoms with Crippen LogP contribution in [0.5, 0.6) is 0 Å². The van der Waals surface area contributed by atoms with Crippen molar-refractivity contribution in [2.24, 2.45) is 0 Å². The first-order valence-electron chi connectivity index (χ1n) is 8.04. The summed E-state index contributed by atoms with van der Waals surface area (Å²) < 4.78 is 18.0. The topological polar surface area (TPSA) is 71.3 Å². The number of hydrogen-bond donors (Lipinski definition) is 2. The molecule has 5 nitrogen and oxygen atoms in total. The van der Waals surface area contributed by atoms with Gasteiger partial charge in [-0.3, -0.25) is 9.59 Å². The van der Waals surface area contributed by atoms with Crippen molar-refractivity contribution in [2.75, 3.05) is 5.32 Å². The molecule has 2 amide bonds. The van der Waals surface area contributed by atoms with Crippen LogP contribution < -0.4 is 10.6 Å². The van der Waals surface area contributed by atoms with E-state index in [1.165, 1.54) is 18.4 Å². The van der Waals surface area contributed by atoms with Crippen LogP contribution in [0.1, 0.15) is 39.4 Å². The number of benzene rings is 2. The van der Waals surface area contributed by atoms with Gasteiger partial charge in [-0.2, -0.15) is 0 Å². The van der Waals surface area contributed by atoms with Crippen molar-refractivity contribution in [3.8, 4) is 0 Å². The molecule has 0 aliphatic heterocycles. The van der Waals surface area contributed by atoms with Crippen LogP contribution in [0.2, 0.25) is 0 Å². The molecule has 0 saturated heterocycles. The predicted octanol–water partition coefficient (Wildman–Crippen LogP) is 4.16. The first kappa shape index (κ1) is 17.4. The molecule has 132 valence electrons. The Balaban J connectivity index is 1.61. The number of carbonyl (C=O) groups is 2. The zero-order valence-electron chi connectivity index (χ0n) is 14.0. The molecular formula is C20H17FN2O3. The van der Waals surface area contributed by atoms with Crippen LogP contribution in [0.25, 0.3) is 0 Å². The summed E-state index contributed by atoms with van der Waals surface area (Å²) in [6.45, 7) is 1.82. The van der Waals surface area contributed by atoms with E-state index >= 15 is 0 Å². The number of anilines is 1. The molecule has 2 N–H and O–H groups in total. The van der Waals surface area contributed by atoms with Crippen LogP contribution in [0, 0.1) is 5.82 Å². The zero-order valence-corrected chi connectivity index (χ0v) is 14.0. The lowest BCUT2D eigenvalue weighted by molar-refractivity contribution is 0.0939. The molecule has 0 saturated carbocycles. The van der Waals surface area contributed by atoms with E-state index < -0.39 is 0 Å². The van der Waals surface area contributed by atoms with Crippen LogP contribution in [0.3, 0.4) is 0 Å². The number of nitrogens with one attached hydrogen (secondary N) is 2. The maximum atomic E-state index is 13.0. The molecule has 2 aromatic carbocycles. The summed E-state index contributed by atoms with van der Waals surface area (Å²) in [6, 6.07) is 15.4. The maximum absolute atomic E-state index is 13.0. The van der Waals surface area contributed by atoms with E-state index in [-0.39, 0.29) is 29.4 Å². The minimum atomic E-state index is -0.364. The fourth-order valence-corrected chi connectivity index (χ4v) is 2.42. The van der Waals surface area contributed by atoms with Gasteiger partial charge in [0.05, 0.1) is 12.3 Å². The smallest absolute Gasteiger partial charge is 0.291 e. The summed E-state index contributed by atoms with van der Waals surface area (Å²) in [4.78, 5) is 24.2. The van der Waals surface area contributed by atoms with Crippen LogP contribution in [0.4, 0.5) is 10.1 Å². The van der Waals surface area contributed by atoms with E-state index in [4.69, 9.17) is 4.42 Å². The second-order valence-electron chi connectivity index (χ2n) is 5.76. The SMILES string of the molecule is C[C@@H](NC(=O)c1ccc(NC(=O)c2ccco2)cc1)c1ccc(F)cc1. The van der Waals surface area contributed by atoms with Crippen molar-refractivity contribution in [1.82, 2.24) is 5.32 Å². The summed E-state index contributed by atoms with van der Waals surface area (Å²) in [5.41, 5.74) is 1.81. The van der Waals surface area contributed by atoms with Crippen molar-refractivity contribution < 1.29 is 18.4 Å². The first-order chi connectivity index (χ1) is 12.5. The highest BCUT2D eigenvalue weighted by Gasteiger charge is 2.13. The third-order valence-corrected chi connectivity index (χ3v) is 3.87. The maximum Gasteiger partial charge on any atom is 0.291 e. The van der Waals surface area contributed by atoms with Gasteiger partial charge in [0.1, 0.15) is 5.82 Å². The molecular weight excluding hydrogens is 335 g/mol. The van der Waals surface area contributed by atoms with Crippen LogP contribution in [-0.2, 0) is 0 Å². The molecule has 1 aromatic heterocycles. The second-order valence-corrected chi connectivity index (χ2v) is 5.76. The molecule has 1 atom stereocenters. The second kappa shape index (κ2) is 7.65. The van der Waals surface area contributed by atoms with Crippen molar-refractivity contribution in [2.45, 2.75) is 13.0 Å². The molecule has 26 heavy (non-hydrogen) atoms. The molecule has 3 rings (SSSR count). The summed E-state index contributed by atoms with van der Waals surface area (Å²) in [7, 11) is 0. The van der Waals surface area contributed by atoms with E-state index in [0.29, 0.717) is 11.3 Å². The fourth-order valence-electron chi connectivity index (χ4n) is 2.42. The third kappa shape index (κ3) is 4.16. The monoisotopic (exact) mass is 352 g/mol. The number of amides is 2. The highest BCUT2D eigenvalue weighted by atomic mass is 19.1. The molecule has 1 heterocycles. The van der Waals surface area contributed by atoms with Crippen LogP contribution in [-0.4, -0.2) is 11.8 Å². The van der Waals surface area contributed by atoms with E-state index in [0.717, 1.165) is 5.56 Å². The Labute approximate surface area is 149 Å². The van der Waals surface area contributed by atoms with Crippen molar-refractivity contribution >= 4 is 17.5 Å². The Morgan fingerprint density at radius 3 is 2.27 bits per heavy atom. The van der Waals surface area contributed by atoms with Gasteiger partial charge in [0.2, 0.25) is 0 Å². The van der Waals surface area contributed by atoms with Gasteiger partial charge in [0.15, 0.2) is 5.76 Å². The Morgan fingerprint density at radius 2 is 1.65 bits per heavy atom. The number of rotatable bonds is 5. The number of halogens is 1. The largest absolute Gasteiger partial charge is 0.459 e. The van der Waals surface area contributed by atoms with Crippen molar-refractivity contribution in [3.63, 3.8) is 0 Å². The lowest BCUT2D eigenvalue weighted by Gasteiger charge is -2.14. The first-order valence-corrected chi connectivity index (χ1v) is 8.04. The summed E-state index contributed by atoms with van der Waals surface area (Å²) in [5, 5.41) is 5.53. The van der Waals surface area contributed by atoms with E-state index in [2.05, 4.69) is 10.6 Å². The molecule has 0 bridgehead atoms. The Hall–Kier alpha value is -3.41. The van der Waals surface area contributed by atoms with Gasteiger partial charge in [-0.05, 0) is 61.0 Å². The van der Waals surface area contributed by atoms with Gasteiger partial charge in [0.25, 0.3) is 11.8 Å². The lowest BCUT2D eigenvalue weighted by Crippen LogP contribution is -2.26. The molecule has 0 aliphatic rings. The Morgan fingerprint density at radius 1 is 0.962 bits per heavy atom. The predicted molar refractivity (Wildman–Crippen MR) is 95.4 cm³/mol. The minimum Gasteiger partial charge on any atom is -0.459 e. The van der Waals surface area contributed by atoms with Gasteiger partial charge < -0.3 is 15.1 Å². The average molecular weight is 352 g/mol. The Kier molecular flexibility index (Phi) is 5.12. The van der Waals surface area contributed by atoms with Gasteiger partial charge in [-0.15, -0.1) is 0 Å².